The standard InChI is InChI=1S/C20H22N2O6/c1-4-21-20(25)22-18(23)17(13-9-6-5-7-10-13)28-19(24)16-14(26-2)11-8-12-15(16)27-3/h5-12,17H,4H2,1-3H3,(H2,21,22,23,25)/t17-/m0/s1. The van der Waals surface area contributed by atoms with Crippen molar-refractivity contribution in [2.45, 2.75) is 13.0 Å². The van der Waals surface area contributed by atoms with E-state index in [1.165, 1.54) is 14.2 Å². The van der Waals surface area contributed by atoms with E-state index in [-0.39, 0.29) is 17.1 Å². The molecule has 2 aromatic rings. The van der Waals surface area contributed by atoms with Crippen molar-refractivity contribution in [3.8, 4) is 11.5 Å². The second-order valence-electron chi connectivity index (χ2n) is 5.58. The molecule has 148 valence electrons. The molecule has 0 bridgehead atoms. The summed E-state index contributed by atoms with van der Waals surface area (Å²) in [6.07, 6.45) is -1.34. The maximum absolute atomic E-state index is 12.8. The number of methoxy groups -OCH3 is 2. The molecule has 0 heterocycles. The molecule has 0 aliphatic carbocycles. The van der Waals surface area contributed by atoms with E-state index in [1.54, 1.807) is 55.5 Å². The number of hydrogen-bond donors (Lipinski definition) is 2. The zero-order valence-corrected chi connectivity index (χ0v) is 15.9. The van der Waals surface area contributed by atoms with E-state index in [4.69, 9.17) is 14.2 Å². The summed E-state index contributed by atoms with van der Waals surface area (Å²) in [5.74, 6) is -1.13. The predicted molar refractivity (Wildman–Crippen MR) is 101 cm³/mol. The van der Waals surface area contributed by atoms with Crippen LogP contribution in [0.15, 0.2) is 48.5 Å². The molecule has 2 N–H and O–H groups in total. The van der Waals surface area contributed by atoms with Gasteiger partial charge in [-0.15, -0.1) is 0 Å². The zero-order valence-electron chi connectivity index (χ0n) is 15.9. The van der Waals surface area contributed by atoms with Crippen molar-refractivity contribution in [1.82, 2.24) is 10.6 Å². The molecule has 28 heavy (non-hydrogen) atoms. The topological polar surface area (TPSA) is 103 Å². The number of esters is 1. The molecule has 0 saturated heterocycles. The Balaban J connectivity index is 2.34. The molecular formula is C20H22N2O6. The SMILES string of the molecule is CCNC(=O)NC(=O)[C@@H](OC(=O)c1c(OC)cccc1OC)c1ccccc1. The summed E-state index contributed by atoms with van der Waals surface area (Å²) in [4.78, 5) is 37.2. The third-order valence-corrected chi connectivity index (χ3v) is 3.77. The molecule has 0 spiro atoms. The van der Waals surface area contributed by atoms with Gasteiger partial charge in [-0.25, -0.2) is 9.59 Å². The van der Waals surface area contributed by atoms with Crippen molar-refractivity contribution in [1.29, 1.82) is 0 Å². The zero-order chi connectivity index (χ0) is 20.5. The summed E-state index contributed by atoms with van der Waals surface area (Å²) in [7, 11) is 2.81. The van der Waals surface area contributed by atoms with Crippen LogP contribution in [0.4, 0.5) is 4.79 Å². The average Bonchev–Trinajstić information content (AvgIpc) is 2.71. The summed E-state index contributed by atoms with van der Waals surface area (Å²) in [6, 6.07) is 12.5. The van der Waals surface area contributed by atoms with Gasteiger partial charge in [-0.1, -0.05) is 36.4 Å². The Hall–Kier alpha value is -3.55. The van der Waals surface area contributed by atoms with Crippen LogP contribution >= 0.6 is 0 Å². The van der Waals surface area contributed by atoms with Crippen LogP contribution in [0, 0.1) is 0 Å². The summed E-state index contributed by atoms with van der Waals surface area (Å²) in [6.45, 7) is 2.06. The molecule has 3 amide bonds. The van der Waals surface area contributed by atoms with E-state index in [0.717, 1.165) is 0 Å². The normalized spacial score (nSPS) is 11.1. The fourth-order valence-corrected chi connectivity index (χ4v) is 2.50. The van der Waals surface area contributed by atoms with Crippen LogP contribution in [0.25, 0.3) is 0 Å². The number of nitrogens with one attached hydrogen (secondary N) is 2. The Kier molecular flexibility index (Phi) is 7.38. The van der Waals surface area contributed by atoms with Crippen molar-refractivity contribution >= 4 is 17.9 Å². The number of urea groups is 1. The maximum Gasteiger partial charge on any atom is 0.346 e. The van der Waals surface area contributed by atoms with Crippen molar-refractivity contribution in [2.24, 2.45) is 0 Å². The first-order valence-electron chi connectivity index (χ1n) is 8.57. The molecule has 0 saturated carbocycles. The average molecular weight is 386 g/mol. The third-order valence-electron chi connectivity index (χ3n) is 3.77. The maximum atomic E-state index is 12.8. The molecule has 2 rings (SSSR count). The number of hydrogen-bond acceptors (Lipinski definition) is 6. The molecule has 0 fully saturated rings. The summed E-state index contributed by atoms with van der Waals surface area (Å²) >= 11 is 0. The minimum Gasteiger partial charge on any atom is -0.496 e. The highest BCUT2D eigenvalue weighted by Gasteiger charge is 2.29. The quantitative estimate of drug-likeness (QED) is 0.709. The van der Waals surface area contributed by atoms with E-state index < -0.39 is 24.0 Å². The summed E-state index contributed by atoms with van der Waals surface area (Å²) in [5, 5.41) is 4.62. The Morgan fingerprint density at radius 3 is 2.07 bits per heavy atom. The molecule has 8 heteroatoms. The van der Waals surface area contributed by atoms with Gasteiger partial charge in [0.15, 0.2) is 0 Å². The number of ether oxygens (including phenoxy) is 3. The fourth-order valence-electron chi connectivity index (χ4n) is 2.50. The van der Waals surface area contributed by atoms with Crippen LogP contribution in [-0.2, 0) is 9.53 Å². The van der Waals surface area contributed by atoms with Gasteiger partial charge in [0, 0.05) is 12.1 Å². The van der Waals surface area contributed by atoms with Crippen LogP contribution < -0.4 is 20.1 Å². The second-order valence-corrected chi connectivity index (χ2v) is 5.58. The molecular weight excluding hydrogens is 364 g/mol. The molecule has 2 aromatic carbocycles. The number of rotatable bonds is 7. The number of amides is 3. The summed E-state index contributed by atoms with van der Waals surface area (Å²) in [5.41, 5.74) is 0.450. The second kappa shape index (κ2) is 9.96. The summed E-state index contributed by atoms with van der Waals surface area (Å²) < 4.78 is 15.9. The van der Waals surface area contributed by atoms with Gasteiger partial charge in [0.05, 0.1) is 14.2 Å². The largest absolute Gasteiger partial charge is 0.496 e. The Bertz CT molecular complexity index is 816. The highest BCUT2D eigenvalue weighted by Crippen LogP contribution is 2.31. The molecule has 0 radical (unpaired) electrons. The lowest BCUT2D eigenvalue weighted by Crippen LogP contribution is -2.42. The van der Waals surface area contributed by atoms with Crippen LogP contribution in [0.5, 0.6) is 11.5 Å². The van der Waals surface area contributed by atoms with Crippen molar-refractivity contribution in [3.05, 3.63) is 59.7 Å². The van der Waals surface area contributed by atoms with Crippen molar-refractivity contribution in [3.63, 3.8) is 0 Å². The van der Waals surface area contributed by atoms with Crippen LogP contribution in [0.1, 0.15) is 28.9 Å². The number of imide groups is 1. The lowest BCUT2D eigenvalue weighted by Gasteiger charge is -2.19. The van der Waals surface area contributed by atoms with E-state index in [9.17, 15) is 14.4 Å². The first kappa shape index (κ1) is 20.8. The number of carbonyl (C=O) groups excluding carboxylic acids is 3. The van der Waals surface area contributed by atoms with Gasteiger partial charge in [0.25, 0.3) is 5.91 Å². The highest BCUT2D eigenvalue weighted by atomic mass is 16.6. The van der Waals surface area contributed by atoms with Gasteiger partial charge in [-0.05, 0) is 19.1 Å². The van der Waals surface area contributed by atoms with E-state index in [1.807, 2.05) is 0 Å². The Morgan fingerprint density at radius 1 is 0.929 bits per heavy atom. The highest BCUT2D eigenvalue weighted by molar-refractivity contribution is 6.00. The first-order valence-corrected chi connectivity index (χ1v) is 8.57. The van der Waals surface area contributed by atoms with Crippen molar-refractivity contribution < 1.29 is 28.6 Å². The van der Waals surface area contributed by atoms with E-state index >= 15 is 0 Å². The lowest BCUT2D eigenvalue weighted by atomic mass is 10.1. The third kappa shape index (κ3) is 5.00. The van der Waals surface area contributed by atoms with Gasteiger partial charge in [0.1, 0.15) is 17.1 Å². The molecule has 0 unspecified atom stereocenters. The van der Waals surface area contributed by atoms with Gasteiger partial charge in [-0.2, -0.15) is 0 Å². The van der Waals surface area contributed by atoms with Gasteiger partial charge >= 0.3 is 12.0 Å². The van der Waals surface area contributed by atoms with Crippen LogP contribution in [0.2, 0.25) is 0 Å². The molecule has 0 aliphatic rings. The van der Waals surface area contributed by atoms with E-state index in [2.05, 4.69) is 10.6 Å². The van der Waals surface area contributed by atoms with Gasteiger partial charge in [-0.3, -0.25) is 10.1 Å². The van der Waals surface area contributed by atoms with Crippen molar-refractivity contribution in [2.75, 3.05) is 20.8 Å². The predicted octanol–water partition coefficient (Wildman–Crippen LogP) is 2.45. The molecule has 8 nitrogen and oxygen atoms in total. The number of carbonyl (C=O) groups is 3. The minimum atomic E-state index is -1.34. The fraction of sp³-hybridized carbons (Fsp3) is 0.250. The Labute approximate surface area is 162 Å². The van der Waals surface area contributed by atoms with Gasteiger partial charge in [0.2, 0.25) is 6.10 Å². The van der Waals surface area contributed by atoms with E-state index in [0.29, 0.717) is 12.1 Å². The Morgan fingerprint density at radius 2 is 1.54 bits per heavy atom. The molecule has 1 atom stereocenters. The first-order chi connectivity index (χ1) is 13.5. The molecule has 0 aliphatic heterocycles. The van der Waals surface area contributed by atoms with Crippen LogP contribution in [0.3, 0.4) is 0 Å². The lowest BCUT2D eigenvalue weighted by molar-refractivity contribution is -0.129. The number of benzene rings is 2. The smallest absolute Gasteiger partial charge is 0.346 e. The molecule has 0 aromatic heterocycles. The monoisotopic (exact) mass is 386 g/mol. The minimum absolute atomic E-state index is 0.0410. The van der Waals surface area contributed by atoms with Gasteiger partial charge < -0.3 is 19.5 Å². The van der Waals surface area contributed by atoms with Crippen LogP contribution in [-0.4, -0.2) is 38.7 Å².